The number of carbonyl (C=O) groups excluding carboxylic acids is 1. The zero-order valence-electron chi connectivity index (χ0n) is 15.3. The average Bonchev–Trinajstić information content (AvgIpc) is 3.37. The Hall–Kier alpha value is -2.73. The molecular weight excluding hydrogens is 356 g/mol. The molecule has 27 heavy (non-hydrogen) atoms. The van der Waals surface area contributed by atoms with Crippen LogP contribution < -0.4 is 10.2 Å². The summed E-state index contributed by atoms with van der Waals surface area (Å²) in [5, 5.41) is 3.86. The first-order valence-corrected chi connectivity index (χ1v) is 10.0. The summed E-state index contributed by atoms with van der Waals surface area (Å²) in [6, 6.07) is 14.0. The molecule has 1 saturated heterocycles. The predicted molar refractivity (Wildman–Crippen MR) is 109 cm³/mol. The first-order valence-electron chi connectivity index (χ1n) is 9.21. The predicted octanol–water partition coefficient (Wildman–Crippen LogP) is 4.04. The first kappa shape index (κ1) is 17.7. The van der Waals surface area contributed by atoms with Gasteiger partial charge >= 0.3 is 0 Å². The van der Waals surface area contributed by atoms with E-state index in [0.29, 0.717) is 11.4 Å². The Kier molecular flexibility index (Phi) is 5.16. The van der Waals surface area contributed by atoms with Crippen molar-refractivity contribution in [3.8, 4) is 10.6 Å². The Balaban J connectivity index is 1.40. The van der Waals surface area contributed by atoms with Crippen molar-refractivity contribution in [3.05, 3.63) is 64.8 Å². The Morgan fingerprint density at radius 2 is 1.93 bits per heavy atom. The summed E-state index contributed by atoms with van der Waals surface area (Å²) in [7, 11) is 0. The summed E-state index contributed by atoms with van der Waals surface area (Å²) >= 11 is 1.43. The number of hydrogen-bond donors (Lipinski definition) is 1. The SMILES string of the molecule is Cc1nc(-c2ccccc2)sc1C(=O)NCc1ccc(N2CCCC2)nc1. The highest BCUT2D eigenvalue weighted by Gasteiger charge is 2.16. The number of hydrogen-bond acceptors (Lipinski definition) is 5. The van der Waals surface area contributed by atoms with Gasteiger partial charge in [0, 0.05) is 31.4 Å². The smallest absolute Gasteiger partial charge is 0.263 e. The third kappa shape index (κ3) is 4.01. The van der Waals surface area contributed by atoms with E-state index in [9.17, 15) is 4.79 Å². The molecule has 5 nitrogen and oxygen atoms in total. The van der Waals surface area contributed by atoms with Crippen LogP contribution in [0.2, 0.25) is 0 Å². The minimum absolute atomic E-state index is 0.0872. The van der Waals surface area contributed by atoms with Crippen LogP contribution in [0, 0.1) is 6.92 Å². The van der Waals surface area contributed by atoms with E-state index < -0.39 is 0 Å². The molecule has 1 amide bonds. The molecular formula is C21H22N4OS. The first-order chi connectivity index (χ1) is 13.2. The Labute approximate surface area is 163 Å². The monoisotopic (exact) mass is 378 g/mol. The normalized spacial score (nSPS) is 13.7. The maximum Gasteiger partial charge on any atom is 0.263 e. The van der Waals surface area contributed by atoms with E-state index >= 15 is 0 Å². The number of nitrogens with zero attached hydrogens (tertiary/aromatic N) is 3. The molecule has 1 N–H and O–H groups in total. The molecule has 6 heteroatoms. The summed E-state index contributed by atoms with van der Waals surface area (Å²) in [4.78, 5) is 24.6. The van der Waals surface area contributed by atoms with Crippen molar-refractivity contribution in [1.82, 2.24) is 15.3 Å². The number of anilines is 1. The van der Waals surface area contributed by atoms with Gasteiger partial charge in [-0.1, -0.05) is 36.4 Å². The molecule has 3 aromatic rings. The quantitative estimate of drug-likeness (QED) is 0.728. The van der Waals surface area contributed by atoms with Crippen molar-refractivity contribution in [3.63, 3.8) is 0 Å². The Morgan fingerprint density at radius 3 is 2.63 bits per heavy atom. The van der Waals surface area contributed by atoms with Crippen molar-refractivity contribution in [1.29, 1.82) is 0 Å². The maximum atomic E-state index is 12.6. The second kappa shape index (κ2) is 7.88. The molecule has 1 fully saturated rings. The van der Waals surface area contributed by atoms with Gasteiger partial charge in [0.1, 0.15) is 15.7 Å². The van der Waals surface area contributed by atoms with Crippen molar-refractivity contribution >= 4 is 23.1 Å². The molecule has 138 valence electrons. The Morgan fingerprint density at radius 1 is 1.15 bits per heavy atom. The fourth-order valence-electron chi connectivity index (χ4n) is 3.23. The van der Waals surface area contributed by atoms with Gasteiger partial charge in [-0.15, -0.1) is 11.3 Å². The standard InChI is InChI=1S/C21H22N4OS/c1-15-19(27-21(24-15)17-7-3-2-4-8-17)20(26)23-14-16-9-10-18(22-13-16)25-11-5-6-12-25/h2-4,7-10,13H,5-6,11-12,14H2,1H3,(H,23,26). The Bertz CT molecular complexity index is 915. The van der Waals surface area contributed by atoms with E-state index in [1.54, 1.807) is 0 Å². The van der Waals surface area contributed by atoms with Gasteiger partial charge in [-0.25, -0.2) is 9.97 Å². The van der Waals surface area contributed by atoms with Crippen LogP contribution >= 0.6 is 11.3 Å². The van der Waals surface area contributed by atoms with Gasteiger partial charge in [0.15, 0.2) is 0 Å². The number of aryl methyl sites for hydroxylation is 1. The molecule has 4 rings (SSSR count). The molecule has 1 aromatic carbocycles. The molecule has 3 heterocycles. The lowest BCUT2D eigenvalue weighted by Crippen LogP contribution is -2.23. The van der Waals surface area contributed by atoms with E-state index in [-0.39, 0.29) is 5.91 Å². The number of aromatic nitrogens is 2. The van der Waals surface area contributed by atoms with E-state index in [4.69, 9.17) is 0 Å². The van der Waals surface area contributed by atoms with Gasteiger partial charge in [0.25, 0.3) is 5.91 Å². The third-order valence-corrected chi connectivity index (χ3v) is 5.92. The lowest BCUT2D eigenvalue weighted by Gasteiger charge is -2.16. The fourth-order valence-corrected chi connectivity index (χ4v) is 4.22. The molecule has 2 aromatic heterocycles. The number of carbonyl (C=O) groups is 1. The summed E-state index contributed by atoms with van der Waals surface area (Å²) in [6.45, 7) is 4.50. The molecule has 0 saturated carbocycles. The lowest BCUT2D eigenvalue weighted by atomic mass is 10.2. The number of nitrogens with one attached hydrogen (secondary N) is 1. The van der Waals surface area contributed by atoms with Crippen molar-refractivity contribution < 1.29 is 4.79 Å². The van der Waals surface area contributed by atoms with Gasteiger partial charge in [-0.05, 0) is 31.4 Å². The van der Waals surface area contributed by atoms with Gasteiger partial charge < -0.3 is 10.2 Å². The summed E-state index contributed by atoms with van der Waals surface area (Å²) in [5.74, 6) is 0.934. The zero-order valence-corrected chi connectivity index (χ0v) is 16.1. The maximum absolute atomic E-state index is 12.6. The van der Waals surface area contributed by atoms with Crippen LogP contribution in [0.4, 0.5) is 5.82 Å². The summed E-state index contributed by atoms with van der Waals surface area (Å²) in [5.41, 5.74) is 2.79. The van der Waals surface area contributed by atoms with Crippen molar-refractivity contribution in [2.45, 2.75) is 26.3 Å². The largest absolute Gasteiger partial charge is 0.357 e. The summed E-state index contributed by atoms with van der Waals surface area (Å²) in [6.07, 6.45) is 4.32. The second-order valence-corrected chi connectivity index (χ2v) is 7.70. The lowest BCUT2D eigenvalue weighted by molar-refractivity contribution is 0.0954. The summed E-state index contributed by atoms with van der Waals surface area (Å²) < 4.78 is 0. The molecule has 0 atom stereocenters. The second-order valence-electron chi connectivity index (χ2n) is 6.70. The van der Waals surface area contributed by atoms with E-state index in [0.717, 1.165) is 40.7 Å². The van der Waals surface area contributed by atoms with Crippen LogP contribution in [-0.2, 0) is 6.54 Å². The van der Waals surface area contributed by atoms with Gasteiger partial charge in [0.2, 0.25) is 0 Å². The fraction of sp³-hybridized carbons (Fsp3) is 0.286. The van der Waals surface area contributed by atoms with E-state index in [1.807, 2.05) is 55.6 Å². The number of rotatable bonds is 5. The average molecular weight is 379 g/mol. The number of thiazole rings is 1. The molecule has 0 aliphatic carbocycles. The van der Waals surface area contributed by atoms with Crippen LogP contribution in [0.1, 0.15) is 33.8 Å². The highest BCUT2D eigenvalue weighted by Crippen LogP contribution is 2.27. The molecule has 0 unspecified atom stereocenters. The van der Waals surface area contributed by atoms with Gasteiger partial charge in [-0.2, -0.15) is 0 Å². The van der Waals surface area contributed by atoms with Crippen LogP contribution in [0.15, 0.2) is 48.7 Å². The third-order valence-electron chi connectivity index (χ3n) is 4.72. The van der Waals surface area contributed by atoms with E-state index in [2.05, 4.69) is 20.2 Å². The number of benzene rings is 1. The van der Waals surface area contributed by atoms with Crippen LogP contribution in [0.3, 0.4) is 0 Å². The molecule has 1 aliphatic rings. The number of pyridine rings is 1. The van der Waals surface area contributed by atoms with Crippen LogP contribution in [-0.4, -0.2) is 29.0 Å². The highest BCUT2D eigenvalue weighted by atomic mass is 32.1. The zero-order chi connectivity index (χ0) is 18.6. The van der Waals surface area contributed by atoms with Crippen molar-refractivity contribution in [2.75, 3.05) is 18.0 Å². The minimum Gasteiger partial charge on any atom is -0.357 e. The molecule has 0 spiro atoms. The highest BCUT2D eigenvalue weighted by molar-refractivity contribution is 7.17. The van der Waals surface area contributed by atoms with Gasteiger partial charge in [0.05, 0.1) is 5.69 Å². The topological polar surface area (TPSA) is 58.1 Å². The number of amides is 1. The minimum atomic E-state index is -0.0872. The van der Waals surface area contributed by atoms with Crippen molar-refractivity contribution in [2.24, 2.45) is 0 Å². The molecule has 0 bridgehead atoms. The van der Waals surface area contributed by atoms with E-state index in [1.165, 1.54) is 24.2 Å². The molecule has 0 radical (unpaired) electrons. The van der Waals surface area contributed by atoms with Gasteiger partial charge in [-0.3, -0.25) is 4.79 Å². The van der Waals surface area contributed by atoms with Crippen LogP contribution in [0.25, 0.3) is 10.6 Å². The molecule has 1 aliphatic heterocycles. The van der Waals surface area contributed by atoms with Crippen LogP contribution in [0.5, 0.6) is 0 Å².